The number of ether oxygens (including phenoxy) is 2. The zero-order chi connectivity index (χ0) is 37.0. The molecule has 0 saturated carbocycles. The normalized spacial score (nSPS) is 18.6. The molecule has 4 rings (SSSR count). The van der Waals surface area contributed by atoms with Crippen molar-refractivity contribution in [3.8, 4) is 0 Å². The second-order valence-corrected chi connectivity index (χ2v) is 15.4. The van der Waals surface area contributed by atoms with Gasteiger partial charge in [-0.2, -0.15) is 0 Å². The van der Waals surface area contributed by atoms with Gasteiger partial charge in [-0.15, -0.1) is 11.8 Å². The van der Waals surface area contributed by atoms with Crippen molar-refractivity contribution < 1.29 is 24.2 Å². The molecule has 1 heterocycles. The summed E-state index contributed by atoms with van der Waals surface area (Å²) in [5, 5.41) is 15.5. The molecule has 1 fully saturated rings. The Balaban J connectivity index is 1.23. The summed E-state index contributed by atoms with van der Waals surface area (Å²) in [7, 11) is 0. The van der Waals surface area contributed by atoms with E-state index in [-0.39, 0.29) is 36.5 Å². The molecule has 7 nitrogen and oxygen atoms in total. The summed E-state index contributed by atoms with van der Waals surface area (Å²) in [5.41, 5.74) is 4.66. The van der Waals surface area contributed by atoms with Gasteiger partial charge >= 0.3 is 0 Å². The molecule has 0 aliphatic carbocycles. The second-order valence-electron chi connectivity index (χ2n) is 14.3. The quantitative estimate of drug-likeness (QED) is 0.0664. The van der Waals surface area contributed by atoms with Crippen LogP contribution in [0.4, 0.5) is 5.69 Å². The second kappa shape index (κ2) is 23.5. The van der Waals surface area contributed by atoms with E-state index in [1.54, 1.807) is 11.8 Å². The number of unbranched alkanes of at least 4 members (excludes halogenated alkanes) is 12. The molecule has 1 saturated heterocycles. The SMILES string of the molecule is CCCCCCCCCCCCCCCC(=O)NCc1ccc(C2O[C@H](CSc3ccc(NC(C)=O)cc3)[C@H](C)[C@H](c3ccc(CO)cc3)O2)cc1. The number of carbonyl (C=O) groups is 2. The predicted octanol–water partition coefficient (Wildman–Crippen LogP) is 10.8. The van der Waals surface area contributed by atoms with E-state index in [0.717, 1.165) is 51.4 Å². The molecule has 8 heteroatoms. The first-order chi connectivity index (χ1) is 25.4. The van der Waals surface area contributed by atoms with Crippen LogP contribution >= 0.6 is 11.8 Å². The van der Waals surface area contributed by atoms with E-state index in [1.807, 2.05) is 72.8 Å². The van der Waals surface area contributed by atoms with Crippen molar-refractivity contribution in [1.29, 1.82) is 0 Å². The molecule has 284 valence electrons. The number of aliphatic hydroxyl groups is 1. The average molecular weight is 731 g/mol. The fourth-order valence-electron chi connectivity index (χ4n) is 6.71. The number of hydrogen-bond donors (Lipinski definition) is 3. The number of nitrogens with one attached hydrogen (secondary N) is 2. The summed E-state index contributed by atoms with van der Waals surface area (Å²) in [6.45, 7) is 6.44. The van der Waals surface area contributed by atoms with Crippen molar-refractivity contribution in [2.75, 3.05) is 11.1 Å². The molecule has 3 aromatic rings. The third-order valence-corrected chi connectivity index (χ3v) is 11.1. The van der Waals surface area contributed by atoms with Crippen LogP contribution in [0, 0.1) is 5.92 Å². The fraction of sp³-hybridized carbons (Fsp3) is 0.545. The summed E-state index contributed by atoms with van der Waals surface area (Å²) in [6, 6.07) is 23.9. The predicted molar refractivity (Wildman–Crippen MR) is 213 cm³/mol. The third kappa shape index (κ3) is 14.7. The molecule has 3 N–H and O–H groups in total. The topological polar surface area (TPSA) is 96.9 Å². The van der Waals surface area contributed by atoms with Gasteiger partial charge in [-0.3, -0.25) is 9.59 Å². The minimum absolute atomic E-state index is 0.000667. The molecule has 4 atom stereocenters. The van der Waals surface area contributed by atoms with Gasteiger partial charge in [0.1, 0.15) is 0 Å². The van der Waals surface area contributed by atoms with E-state index in [0.29, 0.717) is 13.0 Å². The van der Waals surface area contributed by atoms with Crippen LogP contribution in [0.25, 0.3) is 0 Å². The standard InChI is InChI=1S/C44H62N2O5S/c1-4-5-6-7-8-9-10-11-12-13-14-15-16-17-42(49)45-30-35-18-24-38(25-19-35)44-50-41(32-52-40-28-26-39(27-29-40)46-34(3)48)33(2)43(51-44)37-22-20-36(31-47)21-23-37/h18-29,33,41,43-44,47H,4-17,30-32H2,1-3H3,(H,45,49)(H,46,48)/t33-,41+,43+,44?/m0/s1. The Morgan fingerprint density at radius 1 is 0.712 bits per heavy atom. The maximum Gasteiger partial charge on any atom is 0.221 e. The van der Waals surface area contributed by atoms with Crippen molar-refractivity contribution in [3.05, 3.63) is 95.1 Å². The molecule has 2 amide bonds. The Hall–Kier alpha value is -3.17. The van der Waals surface area contributed by atoms with E-state index >= 15 is 0 Å². The van der Waals surface area contributed by atoms with Gasteiger partial charge in [0, 0.05) is 47.7 Å². The van der Waals surface area contributed by atoms with Gasteiger partial charge in [0.25, 0.3) is 0 Å². The first-order valence-corrected chi connectivity index (χ1v) is 20.7. The Bertz CT molecular complexity index is 1450. The van der Waals surface area contributed by atoms with Crippen LogP contribution in [-0.4, -0.2) is 28.8 Å². The van der Waals surface area contributed by atoms with Crippen molar-refractivity contribution >= 4 is 29.3 Å². The molecule has 1 aliphatic heterocycles. The number of anilines is 1. The molecule has 0 radical (unpaired) electrons. The summed E-state index contributed by atoms with van der Waals surface area (Å²) < 4.78 is 13.2. The van der Waals surface area contributed by atoms with Gasteiger partial charge in [-0.25, -0.2) is 0 Å². The fourth-order valence-corrected chi connectivity index (χ4v) is 7.78. The Morgan fingerprint density at radius 3 is 1.85 bits per heavy atom. The number of amides is 2. The Labute approximate surface area is 317 Å². The van der Waals surface area contributed by atoms with E-state index in [9.17, 15) is 14.7 Å². The summed E-state index contributed by atoms with van der Waals surface area (Å²) in [6.07, 6.45) is 16.6. The average Bonchev–Trinajstić information content (AvgIpc) is 3.16. The highest BCUT2D eigenvalue weighted by atomic mass is 32.2. The van der Waals surface area contributed by atoms with Gasteiger partial charge in [0.15, 0.2) is 6.29 Å². The van der Waals surface area contributed by atoms with Crippen LogP contribution in [0.1, 0.15) is 145 Å². The number of benzene rings is 3. The summed E-state index contributed by atoms with van der Waals surface area (Å²) >= 11 is 1.72. The molecule has 0 spiro atoms. The number of aliphatic hydroxyl groups excluding tert-OH is 1. The maximum absolute atomic E-state index is 12.5. The van der Waals surface area contributed by atoms with Crippen molar-refractivity contribution in [2.24, 2.45) is 5.92 Å². The van der Waals surface area contributed by atoms with E-state index < -0.39 is 6.29 Å². The third-order valence-electron chi connectivity index (χ3n) is 9.96. The van der Waals surface area contributed by atoms with E-state index in [4.69, 9.17) is 9.47 Å². The molecule has 52 heavy (non-hydrogen) atoms. The lowest BCUT2D eigenvalue weighted by atomic mass is 9.91. The summed E-state index contributed by atoms with van der Waals surface area (Å²) in [5.74, 6) is 0.828. The molecule has 0 aromatic heterocycles. The zero-order valence-electron chi connectivity index (χ0n) is 31.7. The van der Waals surface area contributed by atoms with Gasteiger partial charge in [0.2, 0.25) is 11.8 Å². The van der Waals surface area contributed by atoms with Crippen LogP contribution in [0.3, 0.4) is 0 Å². The van der Waals surface area contributed by atoms with Crippen molar-refractivity contribution in [3.63, 3.8) is 0 Å². The Morgan fingerprint density at radius 2 is 1.27 bits per heavy atom. The highest BCUT2D eigenvalue weighted by molar-refractivity contribution is 7.99. The largest absolute Gasteiger partial charge is 0.392 e. The van der Waals surface area contributed by atoms with Crippen LogP contribution in [0.15, 0.2) is 77.7 Å². The molecule has 1 aliphatic rings. The molecular formula is C44H62N2O5S. The highest BCUT2D eigenvalue weighted by Gasteiger charge is 2.38. The van der Waals surface area contributed by atoms with E-state index in [1.165, 1.54) is 77.6 Å². The van der Waals surface area contributed by atoms with Crippen LogP contribution in [0.5, 0.6) is 0 Å². The number of hydrogen-bond acceptors (Lipinski definition) is 6. The zero-order valence-corrected chi connectivity index (χ0v) is 32.6. The lowest BCUT2D eigenvalue weighted by Gasteiger charge is -2.41. The lowest BCUT2D eigenvalue weighted by molar-refractivity contribution is -0.268. The lowest BCUT2D eigenvalue weighted by Crippen LogP contribution is -2.38. The highest BCUT2D eigenvalue weighted by Crippen LogP contribution is 2.43. The molecule has 1 unspecified atom stereocenters. The molecule has 3 aromatic carbocycles. The Kier molecular flexibility index (Phi) is 18.8. The van der Waals surface area contributed by atoms with Gasteiger partial charge in [-0.05, 0) is 47.4 Å². The van der Waals surface area contributed by atoms with Gasteiger partial charge < -0.3 is 25.2 Å². The minimum atomic E-state index is -0.550. The van der Waals surface area contributed by atoms with Gasteiger partial charge in [-0.1, -0.05) is 139 Å². The van der Waals surface area contributed by atoms with E-state index in [2.05, 4.69) is 24.5 Å². The van der Waals surface area contributed by atoms with Crippen LogP contribution < -0.4 is 10.6 Å². The monoisotopic (exact) mass is 730 g/mol. The smallest absolute Gasteiger partial charge is 0.221 e. The first kappa shape index (κ1) is 41.6. The number of rotatable bonds is 23. The van der Waals surface area contributed by atoms with Crippen LogP contribution in [-0.2, 0) is 32.2 Å². The van der Waals surface area contributed by atoms with Crippen molar-refractivity contribution in [1.82, 2.24) is 5.32 Å². The van der Waals surface area contributed by atoms with Gasteiger partial charge in [0.05, 0.1) is 18.8 Å². The summed E-state index contributed by atoms with van der Waals surface area (Å²) in [4.78, 5) is 25.1. The molecular weight excluding hydrogens is 669 g/mol. The first-order valence-electron chi connectivity index (χ1n) is 19.7. The maximum atomic E-state index is 12.5. The number of carbonyl (C=O) groups excluding carboxylic acids is 2. The number of thioether (sulfide) groups is 1. The minimum Gasteiger partial charge on any atom is -0.392 e. The van der Waals surface area contributed by atoms with Crippen molar-refractivity contribution in [2.45, 2.75) is 147 Å². The van der Waals surface area contributed by atoms with Crippen LogP contribution in [0.2, 0.25) is 0 Å². The molecule has 0 bridgehead atoms.